The van der Waals surface area contributed by atoms with Gasteiger partial charge in [0.05, 0.1) is 18.3 Å². The van der Waals surface area contributed by atoms with Gasteiger partial charge < -0.3 is 14.5 Å². The van der Waals surface area contributed by atoms with Gasteiger partial charge in [-0.3, -0.25) is 9.36 Å². The number of carbonyl (C=O) groups is 2. The van der Waals surface area contributed by atoms with Crippen LogP contribution < -0.4 is 0 Å². The van der Waals surface area contributed by atoms with Crippen LogP contribution in [0.4, 0.5) is 0 Å². The minimum atomic E-state index is -3.67. The van der Waals surface area contributed by atoms with E-state index in [1.165, 1.54) is 24.3 Å². The molecule has 0 fully saturated rings. The lowest BCUT2D eigenvalue weighted by atomic mass is 10.0. The summed E-state index contributed by atoms with van der Waals surface area (Å²) in [6.07, 6.45) is -0.122. The van der Waals surface area contributed by atoms with Gasteiger partial charge in [-0.2, -0.15) is 0 Å². The smallest absolute Gasteiger partial charge is 0.335 e. The molecule has 2 aromatic carbocycles. The summed E-state index contributed by atoms with van der Waals surface area (Å²) in [6, 6.07) is 12.0. The molecule has 0 radical (unpaired) electrons. The van der Waals surface area contributed by atoms with Crippen LogP contribution in [0.3, 0.4) is 0 Å². The maximum Gasteiger partial charge on any atom is 0.335 e. The number of carboxylic acids is 1. The number of hydrogen-bond acceptors (Lipinski definition) is 4. The van der Waals surface area contributed by atoms with E-state index in [0.29, 0.717) is 16.7 Å². The second-order valence-electron chi connectivity index (χ2n) is 5.12. The summed E-state index contributed by atoms with van der Waals surface area (Å²) in [6.45, 7) is 1.79. The Morgan fingerprint density at radius 1 is 0.958 bits per heavy atom. The van der Waals surface area contributed by atoms with Gasteiger partial charge in [0.15, 0.2) is 5.78 Å². The highest BCUT2D eigenvalue weighted by Crippen LogP contribution is 2.45. The largest absolute Gasteiger partial charge is 0.478 e. The Balaban J connectivity index is 2.13. The molecule has 2 rings (SSSR count). The maximum atomic E-state index is 12.4. The van der Waals surface area contributed by atoms with Gasteiger partial charge >= 0.3 is 13.6 Å². The molecule has 7 heteroatoms. The van der Waals surface area contributed by atoms with E-state index >= 15 is 0 Å². The third-order valence-corrected chi connectivity index (χ3v) is 4.75. The van der Waals surface area contributed by atoms with E-state index in [1.807, 2.05) is 0 Å². The molecule has 0 bridgehead atoms. The van der Waals surface area contributed by atoms with Gasteiger partial charge in [-0.05, 0) is 24.6 Å². The molecule has 0 aliphatic carbocycles. The van der Waals surface area contributed by atoms with E-state index in [0.717, 1.165) is 0 Å². The zero-order valence-corrected chi connectivity index (χ0v) is 13.9. The maximum absolute atomic E-state index is 12.4. The van der Waals surface area contributed by atoms with Crippen molar-refractivity contribution in [3.8, 4) is 0 Å². The number of aromatic carboxylic acids is 1. The predicted octanol–water partition coefficient (Wildman–Crippen LogP) is 3.34. The second kappa shape index (κ2) is 7.53. The summed E-state index contributed by atoms with van der Waals surface area (Å²) in [4.78, 5) is 32.8. The summed E-state index contributed by atoms with van der Waals surface area (Å²) in [5.74, 6) is -1.31. The topological polar surface area (TPSA) is 101 Å². The molecule has 0 spiro atoms. The first-order valence-electron chi connectivity index (χ1n) is 7.26. The molecular weight excluding hydrogens is 331 g/mol. The molecule has 0 aliphatic heterocycles. The average molecular weight is 348 g/mol. The van der Waals surface area contributed by atoms with Crippen LogP contribution in [0.15, 0.2) is 48.5 Å². The van der Waals surface area contributed by atoms with Gasteiger partial charge in [0.2, 0.25) is 0 Å². The number of carboxylic acid groups (broad SMARTS) is 1. The molecule has 24 heavy (non-hydrogen) atoms. The summed E-state index contributed by atoms with van der Waals surface area (Å²) in [7, 11) is -3.67. The zero-order chi connectivity index (χ0) is 17.7. The van der Waals surface area contributed by atoms with Crippen LogP contribution in [0.2, 0.25) is 0 Å². The molecule has 6 nitrogen and oxygen atoms in total. The van der Waals surface area contributed by atoms with Gasteiger partial charge in [-0.15, -0.1) is 0 Å². The number of benzene rings is 2. The summed E-state index contributed by atoms with van der Waals surface area (Å²) in [5.41, 5.74) is 1.48. The fourth-order valence-electron chi connectivity index (χ4n) is 2.17. The fraction of sp³-hybridized carbons (Fsp3) is 0.176. The molecule has 2 N–H and O–H groups in total. The molecule has 2 aromatic rings. The highest BCUT2D eigenvalue weighted by atomic mass is 31.2. The Hall–Kier alpha value is -2.27. The van der Waals surface area contributed by atoms with Gasteiger partial charge in [0.1, 0.15) is 0 Å². The van der Waals surface area contributed by atoms with E-state index < -0.39 is 13.6 Å². The predicted molar refractivity (Wildman–Crippen MR) is 88.4 cm³/mol. The van der Waals surface area contributed by atoms with Gasteiger partial charge in [0, 0.05) is 11.1 Å². The van der Waals surface area contributed by atoms with Crippen molar-refractivity contribution in [1.29, 1.82) is 0 Å². The van der Waals surface area contributed by atoms with Crippen LogP contribution in [0.25, 0.3) is 0 Å². The van der Waals surface area contributed by atoms with Crippen LogP contribution in [0.1, 0.15) is 38.8 Å². The zero-order valence-electron chi connectivity index (χ0n) is 13.0. The minimum absolute atomic E-state index is 0.108. The number of carbonyl (C=O) groups excluding carboxylic acids is 1. The van der Waals surface area contributed by atoms with E-state index in [9.17, 15) is 19.0 Å². The van der Waals surface area contributed by atoms with Crippen molar-refractivity contribution in [3.05, 3.63) is 70.8 Å². The fourth-order valence-corrected chi connectivity index (χ4v) is 3.34. The van der Waals surface area contributed by atoms with Gasteiger partial charge in [-0.1, -0.05) is 36.4 Å². The minimum Gasteiger partial charge on any atom is -0.478 e. The summed E-state index contributed by atoms with van der Waals surface area (Å²) < 4.78 is 16.5. The molecule has 0 aromatic heterocycles. The molecule has 1 atom stereocenters. The van der Waals surface area contributed by atoms with Crippen LogP contribution in [-0.4, -0.2) is 28.4 Å². The third kappa shape index (κ3) is 4.61. The normalized spacial score (nSPS) is 13.2. The first-order chi connectivity index (χ1) is 11.3. The van der Waals surface area contributed by atoms with Crippen molar-refractivity contribution < 1.29 is 28.7 Å². The van der Waals surface area contributed by atoms with E-state index in [1.54, 1.807) is 31.2 Å². The molecular formula is C17H17O6P. The first kappa shape index (κ1) is 18.1. The lowest BCUT2D eigenvalue weighted by Gasteiger charge is -2.11. The van der Waals surface area contributed by atoms with Crippen LogP contribution in [0.5, 0.6) is 0 Å². The van der Waals surface area contributed by atoms with Crippen molar-refractivity contribution in [2.24, 2.45) is 0 Å². The summed E-state index contributed by atoms with van der Waals surface area (Å²) >= 11 is 0. The van der Waals surface area contributed by atoms with Crippen molar-refractivity contribution in [2.75, 3.05) is 6.61 Å². The molecule has 0 amide bonds. The van der Waals surface area contributed by atoms with Crippen molar-refractivity contribution in [1.82, 2.24) is 0 Å². The lowest BCUT2D eigenvalue weighted by molar-refractivity contribution is 0.0696. The standard InChI is InChI=1S/C17H17O6P/c1-2-23-24(21,22)11-12-3-5-13(6-4-12)16(18)14-7-9-15(10-8-14)17(19)20/h3-10H,2,11H2,1H3,(H,19,20)(H,21,22). The highest BCUT2D eigenvalue weighted by Gasteiger charge is 2.19. The van der Waals surface area contributed by atoms with Crippen LogP contribution >= 0.6 is 7.60 Å². The highest BCUT2D eigenvalue weighted by molar-refractivity contribution is 7.51. The molecule has 0 aliphatic rings. The van der Waals surface area contributed by atoms with E-state index in [2.05, 4.69) is 0 Å². The van der Waals surface area contributed by atoms with Crippen molar-refractivity contribution in [2.45, 2.75) is 13.1 Å². The monoisotopic (exact) mass is 348 g/mol. The molecule has 0 heterocycles. The Labute approximate surface area is 139 Å². The Morgan fingerprint density at radius 2 is 1.42 bits per heavy atom. The van der Waals surface area contributed by atoms with Gasteiger partial charge in [0.25, 0.3) is 0 Å². The van der Waals surface area contributed by atoms with Crippen molar-refractivity contribution >= 4 is 19.3 Å². The quantitative estimate of drug-likeness (QED) is 0.588. The Bertz CT molecular complexity index is 780. The molecule has 126 valence electrons. The number of hydrogen-bond donors (Lipinski definition) is 2. The Morgan fingerprint density at radius 3 is 1.88 bits per heavy atom. The van der Waals surface area contributed by atoms with Crippen molar-refractivity contribution in [3.63, 3.8) is 0 Å². The lowest BCUT2D eigenvalue weighted by Crippen LogP contribution is -2.03. The number of ketones is 1. The molecule has 0 saturated heterocycles. The van der Waals surface area contributed by atoms with Crippen LogP contribution in [0, 0.1) is 0 Å². The average Bonchev–Trinajstić information content (AvgIpc) is 2.54. The number of rotatable bonds is 7. The van der Waals surface area contributed by atoms with E-state index in [-0.39, 0.29) is 24.1 Å². The molecule has 0 saturated carbocycles. The first-order valence-corrected chi connectivity index (χ1v) is 9.02. The third-order valence-electron chi connectivity index (χ3n) is 3.32. The second-order valence-corrected chi connectivity index (χ2v) is 6.97. The van der Waals surface area contributed by atoms with Crippen LogP contribution in [-0.2, 0) is 15.3 Å². The summed E-state index contributed by atoms with van der Waals surface area (Å²) in [5, 5.41) is 8.85. The Kier molecular flexibility index (Phi) is 5.67. The molecule has 1 unspecified atom stereocenters. The van der Waals surface area contributed by atoms with E-state index in [4.69, 9.17) is 9.63 Å². The van der Waals surface area contributed by atoms with Gasteiger partial charge in [-0.25, -0.2) is 4.79 Å². The SMILES string of the molecule is CCOP(=O)(O)Cc1ccc(C(=O)c2ccc(C(=O)O)cc2)cc1.